The van der Waals surface area contributed by atoms with Crippen molar-refractivity contribution in [2.24, 2.45) is 0 Å². The van der Waals surface area contributed by atoms with E-state index in [1.807, 2.05) is 45.3 Å². The van der Waals surface area contributed by atoms with E-state index in [-0.39, 0.29) is 11.9 Å². The first kappa shape index (κ1) is 15.5. The normalized spacial score (nSPS) is 12.3. The molecule has 19 heavy (non-hydrogen) atoms. The van der Waals surface area contributed by atoms with Gasteiger partial charge < -0.3 is 20.3 Å². The number of carbonyl (C=O) groups is 1. The number of nitrogens with one attached hydrogen (secondary N) is 2. The van der Waals surface area contributed by atoms with E-state index in [0.717, 1.165) is 18.0 Å². The Morgan fingerprint density at radius 3 is 2.47 bits per heavy atom. The van der Waals surface area contributed by atoms with E-state index in [2.05, 4.69) is 15.5 Å². The molecular weight excluding hydrogens is 242 g/mol. The zero-order valence-electron chi connectivity index (χ0n) is 12.1. The van der Waals surface area contributed by atoms with Crippen molar-refractivity contribution in [1.29, 1.82) is 0 Å². The quantitative estimate of drug-likeness (QED) is 0.777. The van der Waals surface area contributed by atoms with Gasteiger partial charge in [-0.25, -0.2) is 0 Å². The highest BCUT2D eigenvalue weighted by molar-refractivity contribution is 5.94. The van der Waals surface area contributed by atoms with Crippen molar-refractivity contribution in [2.45, 2.75) is 13.0 Å². The molecule has 1 atom stereocenters. The number of nitrogens with zero attached hydrogens (tertiary/aromatic N) is 1. The number of amides is 1. The van der Waals surface area contributed by atoms with Crippen molar-refractivity contribution >= 4 is 11.6 Å². The molecule has 0 aliphatic carbocycles. The van der Waals surface area contributed by atoms with Gasteiger partial charge in [-0.15, -0.1) is 0 Å². The Kier molecular flexibility index (Phi) is 6.32. The molecule has 0 saturated carbocycles. The van der Waals surface area contributed by atoms with Gasteiger partial charge in [-0.1, -0.05) is 0 Å². The zero-order valence-corrected chi connectivity index (χ0v) is 12.1. The van der Waals surface area contributed by atoms with Crippen LogP contribution < -0.4 is 15.4 Å². The summed E-state index contributed by atoms with van der Waals surface area (Å²) in [5.41, 5.74) is 0.770. The van der Waals surface area contributed by atoms with Gasteiger partial charge in [0.2, 0.25) is 5.91 Å². The van der Waals surface area contributed by atoms with E-state index in [4.69, 9.17) is 4.74 Å². The lowest BCUT2D eigenvalue weighted by atomic mass is 10.2. The number of rotatable bonds is 7. The van der Waals surface area contributed by atoms with Crippen LogP contribution in [-0.2, 0) is 4.79 Å². The molecule has 0 spiro atoms. The summed E-state index contributed by atoms with van der Waals surface area (Å²) in [6, 6.07) is 7.18. The molecule has 0 aromatic heterocycles. The lowest BCUT2D eigenvalue weighted by Gasteiger charge is -2.13. The average molecular weight is 265 g/mol. The highest BCUT2D eigenvalue weighted by atomic mass is 16.5. The van der Waals surface area contributed by atoms with Crippen LogP contribution in [0.1, 0.15) is 6.92 Å². The molecule has 1 rings (SSSR count). The first-order valence-electron chi connectivity index (χ1n) is 6.38. The van der Waals surface area contributed by atoms with Crippen molar-refractivity contribution < 1.29 is 9.53 Å². The SMILES string of the molecule is CNC(C)C(=O)Nc1ccc(OCCN(C)C)cc1. The summed E-state index contributed by atoms with van der Waals surface area (Å²) >= 11 is 0. The molecule has 5 heteroatoms. The number of benzene rings is 1. The fraction of sp³-hybridized carbons (Fsp3) is 0.500. The highest BCUT2D eigenvalue weighted by Gasteiger charge is 2.09. The predicted molar refractivity (Wildman–Crippen MR) is 77.6 cm³/mol. The molecule has 106 valence electrons. The van der Waals surface area contributed by atoms with E-state index in [1.54, 1.807) is 7.05 Å². The fourth-order valence-electron chi connectivity index (χ4n) is 1.36. The van der Waals surface area contributed by atoms with E-state index in [1.165, 1.54) is 0 Å². The second-order valence-electron chi connectivity index (χ2n) is 4.68. The predicted octanol–water partition coefficient (Wildman–Crippen LogP) is 1.17. The summed E-state index contributed by atoms with van der Waals surface area (Å²) in [6.45, 7) is 3.34. The molecule has 0 aliphatic rings. The van der Waals surface area contributed by atoms with Crippen LogP contribution in [0.3, 0.4) is 0 Å². The molecule has 1 unspecified atom stereocenters. The summed E-state index contributed by atoms with van der Waals surface area (Å²) in [7, 11) is 5.77. The molecule has 1 amide bonds. The van der Waals surface area contributed by atoms with Gasteiger partial charge in [0, 0.05) is 12.2 Å². The summed E-state index contributed by atoms with van der Waals surface area (Å²) in [5, 5.41) is 5.72. The van der Waals surface area contributed by atoms with Crippen molar-refractivity contribution in [3.63, 3.8) is 0 Å². The Labute approximate surface area is 114 Å². The maximum absolute atomic E-state index is 11.7. The molecule has 2 N–H and O–H groups in total. The van der Waals surface area contributed by atoms with Crippen LogP contribution in [0.5, 0.6) is 5.75 Å². The van der Waals surface area contributed by atoms with Gasteiger partial charge in [0.1, 0.15) is 12.4 Å². The molecule has 0 aliphatic heterocycles. The Balaban J connectivity index is 2.45. The molecule has 0 saturated heterocycles. The fourth-order valence-corrected chi connectivity index (χ4v) is 1.36. The second kappa shape index (κ2) is 7.76. The smallest absolute Gasteiger partial charge is 0.241 e. The van der Waals surface area contributed by atoms with Crippen LogP contribution in [0.25, 0.3) is 0 Å². The largest absolute Gasteiger partial charge is 0.492 e. The molecular formula is C14H23N3O2. The van der Waals surface area contributed by atoms with E-state index < -0.39 is 0 Å². The van der Waals surface area contributed by atoms with Crippen molar-refractivity contribution in [3.05, 3.63) is 24.3 Å². The van der Waals surface area contributed by atoms with E-state index in [0.29, 0.717) is 6.61 Å². The molecule has 0 bridgehead atoms. The van der Waals surface area contributed by atoms with Crippen LogP contribution >= 0.6 is 0 Å². The molecule has 0 fully saturated rings. The standard InChI is InChI=1S/C14H23N3O2/c1-11(15-2)14(18)16-12-5-7-13(8-6-12)19-10-9-17(3)4/h5-8,11,15H,9-10H2,1-4H3,(H,16,18). The van der Waals surface area contributed by atoms with Gasteiger partial charge >= 0.3 is 0 Å². The number of likely N-dealkylation sites (N-methyl/N-ethyl adjacent to an activating group) is 2. The minimum atomic E-state index is -0.212. The van der Waals surface area contributed by atoms with E-state index in [9.17, 15) is 4.79 Å². The molecule has 0 heterocycles. The number of ether oxygens (including phenoxy) is 1. The molecule has 5 nitrogen and oxygen atoms in total. The average Bonchev–Trinajstić information content (AvgIpc) is 2.39. The third-order valence-corrected chi connectivity index (χ3v) is 2.76. The third-order valence-electron chi connectivity index (χ3n) is 2.76. The summed E-state index contributed by atoms with van der Waals surface area (Å²) in [5.74, 6) is 0.755. The van der Waals surface area contributed by atoms with Gasteiger partial charge in [0.25, 0.3) is 0 Å². The Bertz CT molecular complexity index is 390. The summed E-state index contributed by atoms with van der Waals surface area (Å²) in [6.07, 6.45) is 0. The first-order valence-corrected chi connectivity index (χ1v) is 6.38. The van der Waals surface area contributed by atoms with Gasteiger partial charge in [-0.3, -0.25) is 4.79 Å². The molecule has 1 aromatic rings. The van der Waals surface area contributed by atoms with Crippen LogP contribution in [0.4, 0.5) is 5.69 Å². The topological polar surface area (TPSA) is 53.6 Å². The zero-order chi connectivity index (χ0) is 14.3. The summed E-state index contributed by atoms with van der Waals surface area (Å²) in [4.78, 5) is 13.7. The Hall–Kier alpha value is -1.59. The maximum Gasteiger partial charge on any atom is 0.241 e. The lowest BCUT2D eigenvalue weighted by molar-refractivity contribution is -0.117. The monoisotopic (exact) mass is 265 g/mol. The summed E-state index contributed by atoms with van der Waals surface area (Å²) < 4.78 is 5.58. The lowest BCUT2D eigenvalue weighted by Crippen LogP contribution is -2.35. The van der Waals surface area contributed by atoms with Gasteiger partial charge in [0.05, 0.1) is 6.04 Å². The van der Waals surface area contributed by atoms with E-state index >= 15 is 0 Å². The van der Waals surface area contributed by atoms with Crippen molar-refractivity contribution in [1.82, 2.24) is 10.2 Å². The van der Waals surface area contributed by atoms with Crippen LogP contribution in [0, 0.1) is 0 Å². The van der Waals surface area contributed by atoms with Crippen molar-refractivity contribution in [3.8, 4) is 5.75 Å². The van der Waals surface area contributed by atoms with Crippen LogP contribution in [0.15, 0.2) is 24.3 Å². The van der Waals surface area contributed by atoms with Crippen LogP contribution in [-0.4, -0.2) is 51.1 Å². The number of hydrogen-bond donors (Lipinski definition) is 2. The highest BCUT2D eigenvalue weighted by Crippen LogP contribution is 2.15. The minimum Gasteiger partial charge on any atom is -0.492 e. The number of hydrogen-bond acceptors (Lipinski definition) is 4. The van der Waals surface area contributed by atoms with Gasteiger partial charge in [0.15, 0.2) is 0 Å². The van der Waals surface area contributed by atoms with Crippen LogP contribution in [0.2, 0.25) is 0 Å². The Morgan fingerprint density at radius 2 is 1.95 bits per heavy atom. The number of carbonyl (C=O) groups excluding carboxylic acids is 1. The first-order chi connectivity index (χ1) is 9.02. The second-order valence-corrected chi connectivity index (χ2v) is 4.68. The minimum absolute atomic E-state index is 0.0521. The Morgan fingerprint density at radius 1 is 1.32 bits per heavy atom. The number of anilines is 1. The van der Waals surface area contributed by atoms with Crippen molar-refractivity contribution in [2.75, 3.05) is 39.6 Å². The maximum atomic E-state index is 11.7. The van der Waals surface area contributed by atoms with Gasteiger partial charge in [-0.05, 0) is 52.3 Å². The third kappa shape index (κ3) is 5.72. The molecule has 0 radical (unpaired) electrons. The molecule has 1 aromatic carbocycles. The van der Waals surface area contributed by atoms with Gasteiger partial charge in [-0.2, -0.15) is 0 Å².